The zero-order chi connectivity index (χ0) is 14.3. The number of rotatable bonds is 2. The van der Waals surface area contributed by atoms with Gasteiger partial charge in [0.25, 0.3) is 0 Å². The molecule has 0 aliphatic carbocycles. The van der Waals surface area contributed by atoms with Crippen LogP contribution >= 0.6 is 39.7 Å². The number of hydrogen-bond donors (Lipinski definition) is 1. The quantitative estimate of drug-likeness (QED) is 0.574. The summed E-state index contributed by atoms with van der Waals surface area (Å²) >= 11 is 15.1. The minimum absolute atomic E-state index is 0.132. The highest BCUT2D eigenvalue weighted by atomic mass is 79.9. The Bertz CT molecular complexity index is 837. The van der Waals surface area contributed by atoms with Crippen LogP contribution in [0.2, 0.25) is 5.02 Å². The van der Waals surface area contributed by atoms with E-state index in [-0.39, 0.29) is 6.04 Å². The van der Waals surface area contributed by atoms with Gasteiger partial charge in [0.2, 0.25) is 0 Å². The van der Waals surface area contributed by atoms with Crippen LogP contribution in [0.5, 0.6) is 0 Å². The van der Waals surface area contributed by atoms with Gasteiger partial charge in [0.05, 0.1) is 17.1 Å². The van der Waals surface area contributed by atoms with Gasteiger partial charge in [0.15, 0.2) is 4.77 Å². The molecule has 5 heteroatoms. The summed E-state index contributed by atoms with van der Waals surface area (Å²) in [5, 5.41) is 0.710. The first-order valence-corrected chi connectivity index (χ1v) is 7.79. The molecule has 3 aromatic rings. The molecule has 20 heavy (non-hydrogen) atoms. The van der Waals surface area contributed by atoms with E-state index in [1.165, 1.54) is 5.56 Å². The number of imidazole rings is 1. The molecule has 1 N–H and O–H groups in total. The van der Waals surface area contributed by atoms with Crippen molar-refractivity contribution in [1.82, 2.24) is 9.55 Å². The number of aromatic nitrogens is 2. The number of aromatic amines is 1. The number of nitrogens with zero attached hydrogens (tertiary/aromatic N) is 1. The number of benzene rings is 2. The fourth-order valence-electron chi connectivity index (χ4n) is 2.39. The van der Waals surface area contributed by atoms with Crippen molar-refractivity contribution >= 4 is 50.8 Å². The Morgan fingerprint density at radius 1 is 1.25 bits per heavy atom. The van der Waals surface area contributed by atoms with E-state index in [1.807, 2.05) is 30.3 Å². The SMILES string of the molecule is CC(c1cccc(Br)c1)n1c(=S)[nH]c2ccc(Cl)cc21. The molecule has 2 nitrogen and oxygen atoms in total. The highest BCUT2D eigenvalue weighted by Crippen LogP contribution is 2.27. The van der Waals surface area contributed by atoms with Gasteiger partial charge in [-0.2, -0.15) is 0 Å². The Labute approximate surface area is 135 Å². The lowest BCUT2D eigenvalue weighted by Crippen LogP contribution is -2.06. The largest absolute Gasteiger partial charge is 0.331 e. The van der Waals surface area contributed by atoms with Gasteiger partial charge in [0, 0.05) is 9.50 Å². The van der Waals surface area contributed by atoms with Gasteiger partial charge in [0.1, 0.15) is 0 Å². The average Bonchev–Trinajstić information content (AvgIpc) is 2.73. The molecule has 0 fully saturated rings. The van der Waals surface area contributed by atoms with Crippen LogP contribution in [0.25, 0.3) is 11.0 Å². The maximum atomic E-state index is 6.11. The lowest BCUT2D eigenvalue weighted by Gasteiger charge is -2.15. The van der Waals surface area contributed by atoms with Crippen molar-refractivity contribution in [2.24, 2.45) is 0 Å². The van der Waals surface area contributed by atoms with Crippen molar-refractivity contribution in [2.45, 2.75) is 13.0 Å². The molecule has 0 aliphatic heterocycles. The van der Waals surface area contributed by atoms with E-state index in [9.17, 15) is 0 Å². The molecular weight excluding hydrogens is 356 g/mol. The zero-order valence-corrected chi connectivity index (χ0v) is 13.9. The van der Waals surface area contributed by atoms with E-state index in [2.05, 4.69) is 44.5 Å². The molecule has 102 valence electrons. The summed E-state index contributed by atoms with van der Waals surface area (Å²) in [5.74, 6) is 0. The van der Waals surface area contributed by atoms with Crippen molar-refractivity contribution in [2.75, 3.05) is 0 Å². The second kappa shape index (κ2) is 5.35. The molecule has 0 aliphatic rings. The van der Waals surface area contributed by atoms with Crippen LogP contribution in [0.4, 0.5) is 0 Å². The Morgan fingerprint density at radius 3 is 2.80 bits per heavy atom. The minimum Gasteiger partial charge on any atom is -0.331 e. The van der Waals surface area contributed by atoms with Crippen molar-refractivity contribution in [3.8, 4) is 0 Å². The van der Waals surface area contributed by atoms with Gasteiger partial charge < -0.3 is 9.55 Å². The van der Waals surface area contributed by atoms with E-state index in [0.29, 0.717) is 9.79 Å². The predicted octanol–water partition coefficient (Wildman–Crippen LogP) is 5.72. The topological polar surface area (TPSA) is 20.7 Å². The number of fused-ring (bicyclic) bond motifs is 1. The summed E-state index contributed by atoms with van der Waals surface area (Å²) < 4.78 is 3.86. The van der Waals surface area contributed by atoms with Crippen molar-refractivity contribution in [3.05, 3.63) is 62.3 Å². The molecule has 1 heterocycles. The standard InChI is InChI=1S/C15H12BrClN2S/c1-9(10-3-2-4-11(16)7-10)19-14-8-12(17)5-6-13(14)18-15(19)20/h2-9H,1H3,(H,18,20). The zero-order valence-electron chi connectivity index (χ0n) is 10.7. The van der Waals surface area contributed by atoms with Gasteiger partial charge in [-0.15, -0.1) is 0 Å². The lowest BCUT2D eigenvalue weighted by molar-refractivity contribution is 0.649. The predicted molar refractivity (Wildman–Crippen MR) is 90.1 cm³/mol. The monoisotopic (exact) mass is 366 g/mol. The van der Waals surface area contributed by atoms with Gasteiger partial charge in [-0.3, -0.25) is 0 Å². The molecule has 0 amide bonds. The summed E-state index contributed by atoms with van der Waals surface area (Å²) in [5.41, 5.74) is 3.22. The lowest BCUT2D eigenvalue weighted by atomic mass is 10.1. The molecule has 3 rings (SSSR count). The Hall–Kier alpha value is -1.10. The smallest absolute Gasteiger partial charge is 0.178 e. The fraction of sp³-hybridized carbons (Fsp3) is 0.133. The molecule has 0 spiro atoms. The van der Waals surface area contributed by atoms with Crippen molar-refractivity contribution in [1.29, 1.82) is 0 Å². The fourth-order valence-corrected chi connectivity index (χ4v) is 3.34. The Balaban J connectivity index is 2.21. The van der Waals surface area contributed by atoms with E-state index in [1.54, 1.807) is 0 Å². The molecule has 0 radical (unpaired) electrons. The van der Waals surface area contributed by atoms with Crippen molar-refractivity contribution < 1.29 is 0 Å². The van der Waals surface area contributed by atoms with Gasteiger partial charge in [-0.25, -0.2) is 0 Å². The molecule has 0 saturated heterocycles. The Morgan fingerprint density at radius 2 is 2.05 bits per heavy atom. The molecule has 1 atom stereocenters. The summed E-state index contributed by atoms with van der Waals surface area (Å²) in [6, 6.07) is 14.1. The molecule has 0 saturated carbocycles. The first-order chi connectivity index (χ1) is 9.56. The third-order valence-corrected chi connectivity index (χ3v) is 4.43. The second-order valence-corrected chi connectivity index (χ2v) is 6.43. The van der Waals surface area contributed by atoms with Crippen LogP contribution < -0.4 is 0 Å². The van der Waals surface area contributed by atoms with Gasteiger partial charge in [-0.1, -0.05) is 39.7 Å². The summed E-state index contributed by atoms with van der Waals surface area (Å²) in [6.45, 7) is 2.13. The summed E-state index contributed by atoms with van der Waals surface area (Å²) in [6.07, 6.45) is 0. The van der Waals surface area contributed by atoms with Crippen LogP contribution in [-0.4, -0.2) is 9.55 Å². The maximum absolute atomic E-state index is 6.11. The van der Waals surface area contributed by atoms with Crippen LogP contribution in [0.3, 0.4) is 0 Å². The second-order valence-electron chi connectivity index (χ2n) is 4.69. The Kier molecular flexibility index (Phi) is 3.71. The van der Waals surface area contributed by atoms with E-state index in [0.717, 1.165) is 15.5 Å². The first-order valence-electron chi connectivity index (χ1n) is 6.21. The first kappa shape index (κ1) is 13.9. The number of halogens is 2. The number of H-pyrrole nitrogens is 1. The highest BCUT2D eigenvalue weighted by Gasteiger charge is 2.13. The minimum atomic E-state index is 0.132. The summed E-state index contributed by atoms with van der Waals surface area (Å²) in [4.78, 5) is 3.23. The third kappa shape index (κ3) is 2.43. The van der Waals surface area contributed by atoms with Gasteiger partial charge in [-0.05, 0) is 55.0 Å². The normalized spacial score (nSPS) is 12.8. The van der Waals surface area contributed by atoms with Crippen LogP contribution in [0.15, 0.2) is 46.9 Å². The molecule has 1 aromatic heterocycles. The van der Waals surface area contributed by atoms with Crippen LogP contribution in [0.1, 0.15) is 18.5 Å². The summed E-state index contributed by atoms with van der Waals surface area (Å²) in [7, 11) is 0. The highest BCUT2D eigenvalue weighted by molar-refractivity contribution is 9.10. The third-order valence-electron chi connectivity index (χ3n) is 3.40. The number of nitrogens with one attached hydrogen (secondary N) is 1. The molecular formula is C15H12BrClN2S. The number of hydrogen-bond acceptors (Lipinski definition) is 1. The average molecular weight is 368 g/mol. The maximum Gasteiger partial charge on any atom is 0.178 e. The molecule has 2 aromatic carbocycles. The van der Waals surface area contributed by atoms with E-state index in [4.69, 9.17) is 23.8 Å². The molecule has 1 unspecified atom stereocenters. The molecule has 0 bridgehead atoms. The van der Waals surface area contributed by atoms with E-state index >= 15 is 0 Å². The van der Waals surface area contributed by atoms with E-state index < -0.39 is 0 Å². The van der Waals surface area contributed by atoms with Crippen LogP contribution in [0, 0.1) is 4.77 Å². The van der Waals surface area contributed by atoms with Gasteiger partial charge >= 0.3 is 0 Å². The van der Waals surface area contributed by atoms with Crippen LogP contribution in [-0.2, 0) is 0 Å². The van der Waals surface area contributed by atoms with Crippen molar-refractivity contribution in [3.63, 3.8) is 0 Å².